The Kier molecular flexibility index (Phi) is 68.4. The maximum absolute atomic E-state index is 13.1. The normalized spacial score (nSPS) is 15.1. The largest absolute Gasteiger partial charge is 0.472 e. The number of allylic oxidation sites excluding steroid dienone is 33. The molecule has 0 heterocycles. The summed E-state index contributed by atoms with van der Waals surface area (Å²) in [4.78, 5) is 72.8. The summed E-state index contributed by atoms with van der Waals surface area (Å²) in [6.45, 7) is 4.11. The van der Waals surface area contributed by atoms with Gasteiger partial charge in [-0.3, -0.25) is 37.3 Å². The molecule has 0 aliphatic rings. The van der Waals surface area contributed by atoms with Crippen LogP contribution < -0.4 is 0 Å². The van der Waals surface area contributed by atoms with E-state index in [1.165, 1.54) is 0 Å². The zero-order chi connectivity index (χ0) is 74.6. The van der Waals surface area contributed by atoms with E-state index in [4.69, 9.17) is 37.0 Å². The van der Waals surface area contributed by atoms with Gasteiger partial charge in [0.1, 0.15) is 19.3 Å². The smallest absolute Gasteiger partial charge is 0.462 e. The topological polar surface area (TPSA) is 237 Å². The maximum atomic E-state index is 13.1. The third kappa shape index (κ3) is 72.0. The summed E-state index contributed by atoms with van der Waals surface area (Å²) >= 11 is 0. The number of hydrogen-bond donors (Lipinski definition) is 3. The minimum Gasteiger partial charge on any atom is -0.462 e. The molecule has 0 aliphatic carbocycles. The van der Waals surface area contributed by atoms with Gasteiger partial charge in [0.2, 0.25) is 0 Å². The van der Waals surface area contributed by atoms with E-state index >= 15 is 0 Å². The fraction of sp³-hybridized carbons (Fsp3) is 0.542. The van der Waals surface area contributed by atoms with Crippen molar-refractivity contribution >= 4 is 39.5 Å². The zero-order valence-corrected chi connectivity index (χ0v) is 64.0. The molecule has 5 atom stereocenters. The number of carbonyl (C=O) groups excluding carboxylic acids is 4. The van der Waals surface area contributed by atoms with Gasteiger partial charge in [-0.1, -0.05) is 247 Å². The van der Waals surface area contributed by atoms with Crippen molar-refractivity contribution < 1.29 is 80.2 Å². The van der Waals surface area contributed by atoms with Gasteiger partial charge in [0.15, 0.2) is 12.2 Å². The van der Waals surface area contributed by atoms with Crippen LogP contribution in [-0.2, 0) is 65.4 Å². The molecule has 0 aliphatic heterocycles. The first kappa shape index (κ1) is 95.6. The summed E-state index contributed by atoms with van der Waals surface area (Å²) < 4.78 is 68.2. The molecular weight excluding hydrogens is 1330 g/mol. The van der Waals surface area contributed by atoms with Crippen molar-refractivity contribution in [1.82, 2.24) is 0 Å². The quantitative estimate of drug-likeness (QED) is 0.0169. The molecule has 3 N–H and O–H groups in total. The number of rotatable bonds is 67. The first-order valence-electron chi connectivity index (χ1n) is 37.3. The van der Waals surface area contributed by atoms with Gasteiger partial charge in [0.05, 0.1) is 32.8 Å². The van der Waals surface area contributed by atoms with Crippen LogP contribution in [0.15, 0.2) is 207 Å². The van der Waals surface area contributed by atoms with Crippen LogP contribution in [0.2, 0.25) is 0 Å². The van der Waals surface area contributed by atoms with Gasteiger partial charge >= 0.3 is 39.5 Å². The monoisotopic (exact) mass is 1460 g/mol. The number of ether oxygens (including phenoxy) is 4. The standard InChI is InChI=1S/C83H128O17P2/c1-5-9-13-17-21-25-29-33-37-38-42-44-48-52-56-60-64-68-81(86)94-74-79(100-83(88)70-66-62-58-54-50-46-41-36-32-28-24-20-16-12-8-4)76-98-102(91,92)96-72-77(84)71-95-101(89,90)97-75-78(99-82(87)69-65-61-57-53-49-45-40-35-31-27-23-19-15-11-7-3)73-93-80(85)67-63-59-55-51-47-43-39-34-30-26-22-18-14-10-6-2/h9-16,21-28,33-37,39-42,44,47,49-51,53-54,59,63,77-79,84H,5-8,17-20,29-32,38,43,45-46,48,52,55-58,60-62,64-76H2,1-4H3,(H,89,90)(H,91,92)/b13-9-,14-10-,15-11-,16-12-,25-21-,26-22-,27-23-,28-24-,37-33-,39-34-,40-35-,41-36-,44-42-,51-47-,53-49-,54-50-,63-59-. The maximum Gasteiger partial charge on any atom is 0.472 e. The Morgan fingerprint density at radius 3 is 0.833 bits per heavy atom. The number of aliphatic hydroxyl groups excluding tert-OH is 1. The number of phosphoric acid groups is 2. The van der Waals surface area contributed by atoms with Crippen LogP contribution in [-0.4, -0.2) is 96.7 Å². The highest BCUT2D eigenvalue weighted by Gasteiger charge is 2.30. The highest BCUT2D eigenvalue weighted by molar-refractivity contribution is 7.47. The number of esters is 4. The van der Waals surface area contributed by atoms with Crippen LogP contribution in [0.3, 0.4) is 0 Å². The molecule has 0 amide bonds. The Hall–Kier alpha value is -6.36. The van der Waals surface area contributed by atoms with Crippen molar-refractivity contribution in [2.24, 2.45) is 0 Å². The molecule has 0 aromatic heterocycles. The van der Waals surface area contributed by atoms with Gasteiger partial charge in [-0.15, -0.1) is 0 Å². The number of hydrogen-bond acceptors (Lipinski definition) is 15. The number of phosphoric ester groups is 2. The number of aliphatic hydroxyl groups is 1. The third-order valence-electron chi connectivity index (χ3n) is 14.3. The van der Waals surface area contributed by atoms with E-state index in [9.17, 15) is 43.2 Å². The van der Waals surface area contributed by atoms with Crippen LogP contribution in [0.5, 0.6) is 0 Å². The first-order chi connectivity index (χ1) is 49.7. The number of carbonyl (C=O) groups is 4. The molecule has 572 valence electrons. The van der Waals surface area contributed by atoms with Gasteiger partial charge in [-0.2, -0.15) is 0 Å². The van der Waals surface area contributed by atoms with E-state index in [2.05, 4.69) is 198 Å². The summed E-state index contributed by atoms with van der Waals surface area (Å²) in [5.74, 6) is -2.48. The zero-order valence-electron chi connectivity index (χ0n) is 62.2. The minimum absolute atomic E-state index is 0.0126. The summed E-state index contributed by atoms with van der Waals surface area (Å²) in [7, 11) is -10.0. The lowest BCUT2D eigenvalue weighted by Gasteiger charge is -2.21. The first-order valence-corrected chi connectivity index (χ1v) is 40.3. The molecule has 0 radical (unpaired) electrons. The summed E-state index contributed by atoms with van der Waals surface area (Å²) in [6, 6.07) is 0. The Labute approximate surface area is 614 Å². The van der Waals surface area contributed by atoms with E-state index in [0.717, 1.165) is 141 Å². The molecule has 102 heavy (non-hydrogen) atoms. The molecule has 5 unspecified atom stereocenters. The van der Waals surface area contributed by atoms with Crippen LogP contribution in [0.25, 0.3) is 0 Å². The van der Waals surface area contributed by atoms with Crippen LogP contribution >= 0.6 is 15.6 Å². The Bertz CT molecular complexity index is 2750. The van der Waals surface area contributed by atoms with Gasteiger partial charge in [0.25, 0.3) is 0 Å². The van der Waals surface area contributed by atoms with E-state index in [1.54, 1.807) is 6.08 Å². The lowest BCUT2D eigenvalue weighted by atomic mass is 10.1. The van der Waals surface area contributed by atoms with Crippen molar-refractivity contribution in [1.29, 1.82) is 0 Å². The highest BCUT2D eigenvalue weighted by Crippen LogP contribution is 2.45. The van der Waals surface area contributed by atoms with Gasteiger partial charge in [-0.25, -0.2) is 9.13 Å². The molecule has 0 saturated heterocycles. The molecule has 0 saturated carbocycles. The van der Waals surface area contributed by atoms with Gasteiger partial charge < -0.3 is 33.8 Å². The van der Waals surface area contributed by atoms with Crippen molar-refractivity contribution in [3.63, 3.8) is 0 Å². The van der Waals surface area contributed by atoms with Gasteiger partial charge in [0, 0.05) is 19.3 Å². The summed E-state index contributed by atoms with van der Waals surface area (Å²) in [5.41, 5.74) is 0. The van der Waals surface area contributed by atoms with Crippen LogP contribution in [0.1, 0.15) is 233 Å². The Morgan fingerprint density at radius 1 is 0.284 bits per heavy atom. The summed E-state index contributed by atoms with van der Waals surface area (Å²) in [6.07, 6.45) is 90.1. The molecule has 0 bridgehead atoms. The van der Waals surface area contributed by atoms with E-state index < -0.39 is 97.5 Å². The molecule has 0 aromatic carbocycles. The average Bonchev–Trinajstić information content (AvgIpc) is 0.926. The summed E-state index contributed by atoms with van der Waals surface area (Å²) in [5, 5.41) is 10.6. The third-order valence-corrected chi connectivity index (χ3v) is 16.2. The van der Waals surface area contributed by atoms with Crippen molar-refractivity contribution in [2.45, 2.75) is 251 Å². The second kappa shape index (κ2) is 73.0. The SMILES string of the molecule is CC/C=C\C/C=C\C/C=C\C/C=C\C/C=C\CC(=O)OCC(COP(=O)(O)OCC(O)COP(=O)(O)OCC(COC(=O)CCCCCC/C=C\C/C=C\C/C=C\C/C=C\CC)OC(=O)CCCC/C=C\C/C=C\C/C=C\C/C=C\CC)OC(=O)CCCC/C=C\C/C=C\C/C=C\C/C=C\CC. The molecule has 0 rings (SSSR count). The fourth-order valence-electron chi connectivity index (χ4n) is 8.73. The van der Waals surface area contributed by atoms with Gasteiger partial charge in [-0.05, 0) is 167 Å². The minimum atomic E-state index is -5.02. The molecule has 17 nitrogen and oxygen atoms in total. The van der Waals surface area contributed by atoms with Crippen molar-refractivity contribution in [3.05, 3.63) is 207 Å². The lowest BCUT2D eigenvalue weighted by molar-refractivity contribution is -0.161. The second-order valence-corrected chi connectivity index (χ2v) is 26.6. The molecule has 0 aromatic rings. The highest BCUT2D eigenvalue weighted by atomic mass is 31.2. The average molecular weight is 1460 g/mol. The predicted octanol–water partition coefficient (Wildman–Crippen LogP) is 21.5. The van der Waals surface area contributed by atoms with Crippen molar-refractivity contribution in [3.8, 4) is 0 Å². The predicted molar refractivity (Wildman–Crippen MR) is 417 cm³/mol. The molecule has 0 spiro atoms. The van der Waals surface area contributed by atoms with Crippen LogP contribution in [0.4, 0.5) is 0 Å². The van der Waals surface area contributed by atoms with Crippen LogP contribution in [0, 0.1) is 0 Å². The molecule has 19 heteroatoms. The molecule has 0 fully saturated rings. The Balaban J connectivity index is 5.55. The molecular formula is C83H128O17P2. The lowest BCUT2D eigenvalue weighted by Crippen LogP contribution is -2.30. The number of unbranched alkanes of at least 4 members (excludes halogenated alkanes) is 8. The van der Waals surface area contributed by atoms with E-state index in [1.807, 2.05) is 30.4 Å². The second-order valence-electron chi connectivity index (χ2n) is 23.7. The van der Waals surface area contributed by atoms with E-state index in [0.29, 0.717) is 38.5 Å². The van der Waals surface area contributed by atoms with Crippen molar-refractivity contribution in [2.75, 3.05) is 39.6 Å². The fourth-order valence-corrected chi connectivity index (χ4v) is 10.3. The van der Waals surface area contributed by atoms with E-state index in [-0.39, 0.29) is 25.7 Å². The Morgan fingerprint density at radius 2 is 0.520 bits per heavy atom.